The summed E-state index contributed by atoms with van der Waals surface area (Å²) in [7, 11) is 0. The highest BCUT2D eigenvalue weighted by Crippen LogP contribution is 2.25. The van der Waals surface area contributed by atoms with Gasteiger partial charge in [0.15, 0.2) is 0 Å². The molecule has 2 N–H and O–H groups in total. The highest BCUT2D eigenvalue weighted by molar-refractivity contribution is 5.79. The Balaban J connectivity index is 1.32. The maximum absolute atomic E-state index is 12.7. The van der Waals surface area contributed by atoms with Crippen molar-refractivity contribution in [2.45, 2.75) is 31.3 Å². The number of nitrogens with one attached hydrogen (secondary N) is 2. The largest absolute Gasteiger partial charge is 0.370 e. The Bertz CT molecular complexity index is 589. The molecule has 0 radical (unpaired) electrons. The van der Waals surface area contributed by atoms with Crippen molar-refractivity contribution < 1.29 is 9.53 Å². The first-order valence-corrected chi connectivity index (χ1v) is 9.63. The summed E-state index contributed by atoms with van der Waals surface area (Å²) in [5.41, 5.74) is 2.35. The van der Waals surface area contributed by atoms with Gasteiger partial charge in [-0.05, 0) is 55.9 Å². The first kappa shape index (κ1) is 17.0. The smallest absolute Gasteiger partial charge is 0.227 e. The molecule has 1 spiro atoms. The minimum Gasteiger partial charge on any atom is -0.370 e. The van der Waals surface area contributed by atoms with Crippen molar-refractivity contribution >= 4 is 5.91 Å². The Kier molecular flexibility index (Phi) is 5.06. The summed E-state index contributed by atoms with van der Waals surface area (Å²) >= 11 is 0. The molecule has 3 fully saturated rings. The summed E-state index contributed by atoms with van der Waals surface area (Å²) in [4.78, 5) is 14.7. The van der Waals surface area contributed by atoms with Gasteiger partial charge in [-0.15, -0.1) is 0 Å². The molecule has 3 aliphatic rings. The monoisotopic (exact) mass is 343 g/mol. The molecule has 25 heavy (non-hydrogen) atoms. The first-order chi connectivity index (χ1) is 12.2. The Hall–Kier alpha value is -1.43. The Morgan fingerprint density at radius 1 is 1.20 bits per heavy atom. The lowest BCUT2D eigenvalue weighted by atomic mass is 9.97. The Morgan fingerprint density at radius 2 is 2.04 bits per heavy atom. The Labute approximate surface area is 150 Å². The molecule has 1 aromatic carbocycles. The summed E-state index contributed by atoms with van der Waals surface area (Å²) in [5.74, 6) is 0.986. The molecule has 2 atom stereocenters. The summed E-state index contributed by atoms with van der Waals surface area (Å²) in [6.07, 6.45) is 3.91. The van der Waals surface area contributed by atoms with Gasteiger partial charge in [-0.1, -0.05) is 24.3 Å². The first-order valence-electron chi connectivity index (χ1n) is 9.63. The minimum absolute atomic E-state index is 0.146. The van der Waals surface area contributed by atoms with Gasteiger partial charge in [-0.2, -0.15) is 0 Å². The van der Waals surface area contributed by atoms with Crippen molar-refractivity contribution in [3.63, 3.8) is 0 Å². The van der Waals surface area contributed by atoms with Crippen LogP contribution in [0.25, 0.3) is 0 Å². The fourth-order valence-electron chi connectivity index (χ4n) is 4.34. The third kappa shape index (κ3) is 4.05. The van der Waals surface area contributed by atoms with Gasteiger partial charge in [-0.25, -0.2) is 0 Å². The SMILES string of the molecule is O=C(Cc1ccc(CC2CCNC2)cc1)N1CCOC2(CCNC2)C1. The van der Waals surface area contributed by atoms with E-state index in [9.17, 15) is 4.79 Å². The highest BCUT2D eigenvalue weighted by Gasteiger charge is 2.40. The molecule has 5 heteroatoms. The van der Waals surface area contributed by atoms with E-state index in [-0.39, 0.29) is 11.5 Å². The number of hydrogen-bond donors (Lipinski definition) is 2. The molecule has 1 amide bonds. The molecule has 3 heterocycles. The predicted molar refractivity (Wildman–Crippen MR) is 97.6 cm³/mol. The number of hydrogen-bond acceptors (Lipinski definition) is 4. The fourth-order valence-corrected chi connectivity index (χ4v) is 4.34. The van der Waals surface area contributed by atoms with Gasteiger partial charge in [0, 0.05) is 13.1 Å². The zero-order chi connectivity index (χ0) is 17.1. The van der Waals surface area contributed by atoms with E-state index in [2.05, 4.69) is 34.9 Å². The standard InChI is InChI=1S/C20H29N3O2/c24-19(23-9-10-25-20(15-23)6-8-22-14-20)12-17-3-1-16(2-4-17)11-18-5-7-21-13-18/h1-4,18,21-22H,5-15H2. The molecule has 2 unspecified atom stereocenters. The third-order valence-electron chi connectivity index (χ3n) is 5.87. The van der Waals surface area contributed by atoms with Gasteiger partial charge in [0.05, 0.1) is 25.2 Å². The number of morpholine rings is 1. The Morgan fingerprint density at radius 3 is 2.76 bits per heavy atom. The quantitative estimate of drug-likeness (QED) is 0.855. The van der Waals surface area contributed by atoms with E-state index < -0.39 is 0 Å². The predicted octanol–water partition coefficient (Wildman–Crippen LogP) is 0.972. The van der Waals surface area contributed by atoms with Crippen LogP contribution in [0.15, 0.2) is 24.3 Å². The van der Waals surface area contributed by atoms with Crippen molar-refractivity contribution in [2.24, 2.45) is 5.92 Å². The number of nitrogens with zero attached hydrogens (tertiary/aromatic N) is 1. The lowest BCUT2D eigenvalue weighted by Gasteiger charge is -2.40. The van der Waals surface area contributed by atoms with Crippen molar-refractivity contribution in [2.75, 3.05) is 45.9 Å². The molecule has 5 nitrogen and oxygen atoms in total. The van der Waals surface area contributed by atoms with Crippen LogP contribution in [0.1, 0.15) is 24.0 Å². The van der Waals surface area contributed by atoms with Gasteiger partial charge >= 0.3 is 0 Å². The molecule has 0 bridgehead atoms. The lowest BCUT2D eigenvalue weighted by molar-refractivity contribution is -0.147. The van der Waals surface area contributed by atoms with Crippen LogP contribution in [-0.4, -0.2) is 62.3 Å². The zero-order valence-corrected chi connectivity index (χ0v) is 14.9. The van der Waals surface area contributed by atoms with Crippen LogP contribution in [0.4, 0.5) is 0 Å². The van der Waals surface area contributed by atoms with Gasteiger partial charge in [0.2, 0.25) is 5.91 Å². The number of benzene rings is 1. The van der Waals surface area contributed by atoms with Crippen LogP contribution in [0.5, 0.6) is 0 Å². The van der Waals surface area contributed by atoms with Gasteiger partial charge in [0.25, 0.3) is 0 Å². The van der Waals surface area contributed by atoms with Crippen molar-refractivity contribution in [1.82, 2.24) is 15.5 Å². The number of carbonyl (C=O) groups excluding carboxylic acids is 1. The molecule has 1 aromatic rings. The van der Waals surface area contributed by atoms with Crippen LogP contribution in [0, 0.1) is 5.92 Å². The van der Waals surface area contributed by atoms with E-state index in [1.165, 1.54) is 12.0 Å². The highest BCUT2D eigenvalue weighted by atomic mass is 16.5. The number of rotatable bonds is 4. The van der Waals surface area contributed by atoms with Gasteiger partial charge < -0.3 is 20.3 Å². The number of carbonyl (C=O) groups is 1. The van der Waals surface area contributed by atoms with Crippen molar-refractivity contribution in [3.05, 3.63) is 35.4 Å². The zero-order valence-electron chi connectivity index (χ0n) is 14.9. The third-order valence-corrected chi connectivity index (χ3v) is 5.87. The van der Waals surface area contributed by atoms with E-state index in [4.69, 9.17) is 4.74 Å². The second-order valence-electron chi connectivity index (χ2n) is 7.83. The van der Waals surface area contributed by atoms with Crippen molar-refractivity contribution in [3.8, 4) is 0 Å². The van der Waals surface area contributed by atoms with E-state index in [0.717, 1.165) is 57.0 Å². The summed E-state index contributed by atoms with van der Waals surface area (Å²) in [6.45, 7) is 6.23. The number of ether oxygens (including phenoxy) is 1. The molecular formula is C20H29N3O2. The molecule has 136 valence electrons. The molecular weight excluding hydrogens is 314 g/mol. The normalized spacial score (nSPS) is 29.4. The fraction of sp³-hybridized carbons (Fsp3) is 0.650. The maximum atomic E-state index is 12.7. The lowest BCUT2D eigenvalue weighted by Crippen LogP contribution is -2.55. The molecule has 3 aliphatic heterocycles. The second-order valence-corrected chi connectivity index (χ2v) is 7.83. The second kappa shape index (κ2) is 7.44. The van der Waals surface area contributed by atoms with E-state index in [1.54, 1.807) is 0 Å². The molecule has 0 aromatic heterocycles. The minimum atomic E-state index is -0.146. The van der Waals surface area contributed by atoms with Crippen LogP contribution in [0.2, 0.25) is 0 Å². The van der Waals surface area contributed by atoms with E-state index in [1.807, 2.05) is 4.90 Å². The topological polar surface area (TPSA) is 53.6 Å². The summed E-state index contributed by atoms with van der Waals surface area (Å²) in [5, 5.41) is 6.78. The summed E-state index contributed by atoms with van der Waals surface area (Å²) in [6, 6.07) is 8.65. The number of amides is 1. The molecule has 3 saturated heterocycles. The average Bonchev–Trinajstić information content (AvgIpc) is 3.29. The van der Waals surface area contributed by atoms with Gasteiger partial charge in [-0.3, -0.25) is 4.79 Å². The van der Waals surface area contributed by atoms with E-state index >= 15 is 0 Å². The summed E-state index contributed by atoms with van der Waals surface area (Å²) < 4.78 is 5.97. The van der Waals surface area contributed by atoms with Crippen LogP contribution >= 0.6 is 0 Å². The van der Waals surface area contributed by atoms with E-state index in [0.29, 0.717) is 19.6 Å². The molecule has 0 saturated carbocycles. The van der Waals surface area contributed by atoms with Crippen LogP contribution in [-0.2, 0) is 22.4 Å². The maximum Gasteiger partial charge on any atom is 0.227 e. The average molecular weight is 343 g/mol. The molecule has 4 rings (SSSR count). The van der Waals surface area contributed by atoms with Crippen LogP contribution in [0.3, 0.4) is 0 Å². The van der Waals surface area contributed by atoms with Crippen LogP contribution < -0.4 is 10.6 Å². The molecule has 0 aliphatic carbocycles. The van der Waals surface area contributed by atoms with Gasteiger partial charge in [0.1, 0.15) is 0 Å². The van der Waals surface area contributed by atoms with Crippen molar-refractivity contribution in [1.29, 1.82) is 0 Å².